The van der Waals surface area contributed by atoms with Gasteiger partial charge in [0.2, 0.25) is 0 Å². The minimum absolute atomic E-state index is 0.0579. The zero-order valence-corrected chi connectivity index (χ0v) is 13.2. The first-order valence-corrected chi connectivity index (χ1v) is 8.70. The molecule has 0 bridgehead atoms. The molecule has 9 heteroatoms. The SMILES string of the molecule is O=S(=O)(c1ccccc1N1CCOCC1CBr)C(F)(F)F. The topological polar surface area (TPSA) is 46.6 Å². The van der Waals surface area contributed by atoms with Crippen LogP contribution >= 0.6 is 15.9 Å². The fourth-order valence-corrected chi connectivity index (χ4v) is 3.65. The lowest BCUT2D eigenvalue weighted by molar-refractivity contribution is -0.0435. The Morgan fingerprint density at radius 2 is 2.00 bits per heavy atom. The number of rotatable bonds is 3. The predicted octanol–water partition coefficient (Wildman–Crippen LogP) is 2.58. The lowest BCUT2D eigenvalue weighted by Gasteiger charge is -2.37. The summed E-state index contributed by atoms with van der Waals surface area (Å²) in [7, 11) is -5.39. The Morgan fingerprint density at radius 1 is 1.33 bits per heavy atom. The number of hydrogen-bond donors (Lipinski definition) is 0. The molecule has 1 saturated heterocycles. The second-order valence-electron chi connectivity index (χ2n) is 4.49. The van der Waals surface area contributed by atoms with Gasteiger partial charge in [0.05, 0.1) is 29.8 Å². The summed E-state index contributed by atoms with van der Waals surface area (Å²) in [6.07, 6.45) is 0. The normalized spacial score (nSPS) is 20.6. The number of halogens is 4. The first-order valence-electron chi connectivity index (χ1n) is 6.10. The maximum absolute atomic E-state index is 12.8. The minimum Gasteiger partial charge on any atom is -0.377 e. The molecule has 0 saturated carbocycles. The minimum atomic E-state index is -5.39. The van der Waals surface area contributed by atoms with Crippen LogP contribution in [0.15, 0.2) is 29.2 Å². The van der Waals surface area contributed by atoms with Gasteiger partial charge in [-0.15, -0.1) is 0 Å². The second-order valence-corrected chi connectivity index (χ2v) is 7.05. The van der Waals surface area contributed by atoms with Crippen molar-refractivity contribution in [1.29, 1.82) is 0 Å². The van der Waals surface area contributed by atoms with Crippen LogP contribution in [-0.2, 0) is 14.6 Å². The highest BCUT2D eigenvalue weighted by molar-refractivity contribution is 9.09. The van der Waals surface area contributed by atoms with E-state index in [2.05, 4.69) is 15.9 Å². The molecule has 1 aliphatic heterocycles. The van der Waals surface area contributed by atoms with E-state index in [0.717, 1.165) is 6.07 Å². The van der Waals surface area contributed by atoms with Gasteiger partial charge in [-0.3, -0.25) is 0 Å². The lowest BCUT2D eigenvalue weighted by atomic mass is 10.2. The largest absolute Gasteiger partial charge is 0.501 e. The van der Waals surface area contributed by atoms with Crippen molar-refractivity contribution in [3.8, 4) is 0 Å². The van der Waals surface area contributed by atoms with Crippen molar-refractivity contribution in [3.63, 3.8) is 0 Å². The maximum Gasteiger partial charge on any atom is 0.501 e. The molecule has 0 amide bonds. The van der Waals surface area contributed by atoms with E-state index in [4.69, 9.17) is 4.74 Å². The molecule has 1 aromatic carbocycles. The van der Waals surface area contributed by atoms with E-state index in [9.17, 15) is 21.6 Å². The van der Waals surface area contributed by atoms with Gasteiger partial charge in [0.1, 0.15) is 0 Å². The Bertz CT molecular complexity index is 606. The van der Waals surface area contributed by atoms with Gasteiger partial charge in [-0.2, -0.15) is 13.2 Å². The van der Waals surface area contributed by atoms with Crippen molar-refractivity contribution in [2.75, 3.05) is 30.0 Å². The van der Waals surface area contributed by atoms with E-state index >= 15 is 0 Å². The van der Waals surface area contributed by atoms with Crippen molar-refractivity contribution in [1.82, 2.24) is 0 Å². The van der Waals surface area contributed by atoms with E-state index in [1.54, 1.807) is 4.90 Å². The number of morpholine rings is 1. The van der Waals surface area contributed by atoms with Crippen LogP contribution in [0.4, 0.5) is 18.9 Å². The summed E-state index contributed by atoms with van der Waals surface area (Å²) < 4.78 is 67.1. The Hall–Kier alpha value is -0.800. The first-order chi connectivity index (χ1) is 9.79. The van der Waals surface area contributed by atoms with Crippen molar-refractivity contribution in [2.45, 2.75) is 16.4 Å². The number of nitrogens with zero attached hydrogens (tertiary/aromatic N) is 1. The first kappa shape index (κ1) is 16.6. The van der Waals surface area contributed by atoms with Crippen LogP contribution in [0, 0.1) is 0 Å². The fourth-order valence-electron chi connectivity index (χ4n) is 2.15. The highest BCUT2D eigenvalue weighted by Crippen LogP contribution is 2.36. The van der Waals surface area contributed by atoms with Crippen molar-refractivity contribution < 1.29 is 26.3 Å². The molecule has 1 aromatic rings. The Morgan fingerprint density at radius 3 is 2.62 bits per heavy atom. The van der Waals surface area contributed by atoms with Gasteiger partial charge in [0.15, 0.2) is 0 Å². The van der Waals surface area contributed by atoms with Crippen molar-refractivity contribution in [2.24, 2.45) is 0 Å². The number of alkyl halides is 4. The summed E-state index contributed by atoms with van der Waals surface area (Å²) in [4.78, 5) is 0.919. The number of para-hydroxylation sites is 1. The number of sulfone groups is 1. The zero-order valence-electron chi connectivity index (χ0n) is 10.8. The molecule has 1 atom stereocenters. The van der Waals surface area contributed by atoms with Crippen LogP contribution in [0.1, 0.15) is 0 Å². The number of hydrogen-bond acceptors (Lipinski definition) is 4. The molecule has 2 rings (SSSR count). The van der Waals surface area contributed by atoms with E-state index in [1.807, 2.05) is 0 Å². The predicted molar refractivity (Wildman–Crippen MR) is 75.4 cm³/mol. The van der Waals surface area contributed by atoms with Gasteiger partial charge in [-0.1, -0.05) is 28.1 Å². The zero-order chi connectivity index (χ0) is 15.7. The smallest absolute Gasteiger partial charge is 0.377 e. The van der Waals surface area contributed by atoms with Crippen LogP contribution < -0.4 is 4.90 Å². The molecule has 0 radical (unpaired) electrons. The van der Waals surface area contributed by atoms with Gasteiger partial charge in [0, 0.05) is 11.9 Å². The molecular weight excluding hydrogens is 375 g/mol. The highest BCUT2D eigenvalue weighted by Gasteiger charge is 2.48. The van der Waals surface area contributed by atoms with Crippen LogP contribution in [0.3, 0.4) is 0 Å². The van der Waals surface area contributed by atoms with Gasteiger partial charge in [-0.25, -0.2) is 8.42 Å². The van der Waals surface area contributed by atoms with E-state index in [1.165, 1.54) is 18.2 Å². The van der Waals surface area contributed by atoms with Crippen LogP contribution in [0.5, 0.6) is 0 Å². The van der Waals surface area contributed by atoms with Crippen molar-refractivity contribution in [3.05, 3.63) is 24.3 Å². The summed E-state index contributed by atoms with van der Waals surface area (Å²) in [5.74, 6) is 0. The molecule has 1 aliphatic rings. The molecule has 1 unspecified atom stereocenters. The fraction of sp³-hybridized carbons (Fsp3) is 0.500. The Labute approximate surface area is 128 Å². The Kier molecular flexibility index (Phi) is 4.84. The summed E-state index contributed by atoms with van der Waals surface area (Å²) in [6, 6.07) is 4.96. The molecule has 21 heavy (non-hydrogen) atoms. The number of ether oxygens (including phenoxy) is 1. The van der Waals surface area contributed by atoms with Crippen LogP contribution in [-0.4, -0.2) is 45.1 Å². The molecule has 0 aromatic heterocycles. The average molecular weight is 388 g/mol. The van der Waals surface area contributed by atoms with Gasteiger partial charge in [-0.05, 0) is 12.1 Å². The molecule has 0 N–H and O–H groups in total. The van der Waals surface area contributed by atoms with Gasteiger partial charge >= 0.3 is 5.51 Å². The van der Waals surface area contributed by atoms with Gasteiger partial charge in [0.25, 0.3) is 9.84 Å². The maximum atomic E-state index is 12.8. The quantitative estimate of drug-likeness (QED) is 0.747. The summed E-state index contributed by atoms with van der Waals surface area (Å²) in [6.45, 7) is 0.996. The molecule has 1 heterocycles. The molecule has 0 aliphatic carbocycles. The summed E-state index contributed by atoms with van der Waals surface area (Å²) in [5.41, 5.74) is -5.26. The molecule has 0 spiro atoms. The Balaban J connectivity index is 2.51. The number of benzene rings is 1. The monoisotopic (exact) mass is 387 g/mol. The second kappa shape index (κ2) is 6.13. The highest BCUT2D eigenvalue weighted by atomic mass is 79.9. The van der Waals surface area contributed by atoms with E-state index < -0.39 is 20.2 Å². The van der Waals surface area contributed by atoms with Crippen molar-refractivity contribution >= 4 is 31.5 Å². The van der Waals surface area contributed by atoms with E-state index in [-0.39, 0.29) is 11.7 Å². The molecule has 1 fully saturated rings. The molecule has 4 nitrogen and oxygen atoms in total. The standard InChI is InChI=1S/C12H13BrF3NO3S/c13-7-9-8-20-6-5-17(9)10-3-1-2-4-11(10)21(18,19)12(14,15)16/h1-4,9H,5-8H2. The van der Waals surface area contributed by atoms with Gasteiger partial charge < -0.3 is 9.64 Å². The molecular formula is C12H13BrF3NO3S. The summed E-state index contributed by atoms with van der Waals surface area (Å²) in [5, 5.41) is 0.466. The number of anilines is 1. The molecule has 118 valence electrons. The lowest BCUT2D eigenvalue weighted by Crippen LogP contribution is -2.47. The van der Waals surface area contributed by atoms with Crippen LogP contribution in [0.25, 0.3) is 0 Å². The van der Waals surface area contributed by atoms with E-state index in [0.29, 0.717) is 25.1 Å². The summed E-state index contributed by atoms with van der Waals surface area (Å²) >= 11 is 3.27. The third-order valence-corrected chi connectivity index (χ3v) is 5.46. The third-order valence-electron chi connectivity index (χ3n) is 3.17. The average Bonchev–Trinajstić information content (AvgIpc) is 2.46. The third kappa shape index (κ3) is 3.19. The van der Waals surface area contributed by atoms with Crippen LogP contribution in [0.2, 0.25) is 0 Å².